The molecule has 1 unspecified atom stereocenters. The van der Waals surface area contributed by atoms with Crippen LogP contribution in [0.2, 0.25) is 0 Å². The summed E-state index contributed by atoms with van der Waals surface area (Å²) in [5.74, 6) is 0.712. The zero-order valence-electron chi connectivity index (χ0n) is 14.8. The Hall–Kier alpha value is -1.31. The van der Waals surface area contributed by atoms with Crippen molar-refractivity contribution in [3.63, 3.8) is 0 Å². The molecular formula is C22H30ClN. The van der Waals surface area contributed by atoms with Gasteiger partial charge in [0.05, 0.1) is 0 Å². The van der Waals surface area contributed by atoms with Crippen molar-refractivity contribution in [1.29, 1.82) is 0 Å². The standard InChI is InChI=1S/C22H29N.ClH/c1-2-3-6-16-23-17-8-9-19(18-23)14-15-21-12-7-11-20-10-4-5-13-22(20)21;/h4-5,7,10-15,19H,2-3,6,8-9,16-18H2,1H3;1H/b15-14+;. The lowest BCUT2D eigenvalue weighted by atomic mass is 9.95. The highest BCUT2D eigenvalue weighted by atomic mass is 35.5. The normalized spacial score (nSPS) is 18.8. The van der Waals surface area contributed by atoms with E-state index in [1.54, 1.807) is 0 Å². The number of unbranched alkanes of at least 4 members (excludes halogenated alkanes) is 2. The summed E-state index contributed by atoms with van der Waals surface area (Å²) in [6, 6.07) is 15.3. The Morgan fingerprint density at radius 2 is 1.92 bits per heavy atom. The van der Waals surface area contributed by atoms with Gasteiger partial charge in [-0.25, -0.2) is 0 Å². The highest BCUT2D eigenvalue weighted by Crippen LogP contribution is 2.23. The first-order chi connectivity index (χ1) is 11.4. The Kier molecular flexibility index (Phi) is 7.81. The van der Waals surface area contributed by atoms with Crippen LogP contribution in [0.15, 0.2) is 48.5 Å². The molecule has 1 saturated heterocycles. The fourth-order valence-electron chi connectivity index (χ4n) is 3.67. The Morgan fingerprint density at radius 3 is 2.79 bits per heavy atom. The number of halogens is 1. The SMILES string of the molecule is CCCCCN1CCCC(/C=C/c2cccc3ccccc23)C1.Cl. The Labute approximate surface area is 153 Å². The van der Waals surface area contributed by atoms with E-state index in [-0.39, 0.29) is 12.4 Å². The van der Waals surface area contributed by atoms with Crippen molar-refractivity contribution in [1.82, 2.24) is 4.90 Å². The highest BCUT2D eigenvalue weighted by Gasteiger charge is 2.17. The third kappa shape index (κ3) is 5.09. The molecule has 1 heterocycles. The van der Waals surface area contributed by atoms with Gasteiger partial charge in [0.25, 0.3) is 0 Å². The number of hydrogen-bond donors (Lipinski definition) is 0. The van der Waals surface area contributed by atoms with Gasteiger partial charge in [0.2, 0.25) is 0 Å². The topological polar surface area (TPSA) is 3.24 Å². The minimum atomic E-state index is 0. The van der Waals surface area contributed by atoms with Crippen molar-refractivity contribution in [3.05, 3.63) is 54.1 Å². The predicted octanol–water partition coefficient (Wildman–Crippen LogP) is 6.18. The molecule has 24 heavy (non-hydrogen) atoms. The van der Waals surface area contributed by atoms with Gasteiger partial charge in [0.15, 0.2) is 0 Å². The minimum Gasteiger partial charge on any atom is -0.303 e. The smallest absolute Gasteiger partial charge is 0.00444 e. The maximum Gasteiger partial charge on any atom is 0.00444 e. The summed E-state index contributed by atoms with van der Waals surface area (Å²) >= 11 is 0. The van der Waals surface area contributed by atoms with Crippen molar-refractivity contribution in [3.8, 4) is 0 Å². The van der Waals surface area contributed by atoms with Gasteiger partial charge in [-0.05, 0) is 54.6 Å². The molecule has 1 aliphatic heterocycles. The number of piperidine rings is 1. The van der Waals surface area contributed by atoms with E-state index in [0.29, 0.717) is 5.92 Å². The molecule has 3 rings (SSSR count). The van der Waals surface area contributed by atoms with E-state index >= 15 is 0 Å². The largest absolute Gasteiger partial charge is 0.303 e. The summed E-state index contributed by atoms with van der Waals surface area (Å²) in [4.78, 5) is 2.66. The first-order valence-electron chi connectivity index (χ1n) is 9.25. The second-order valence-corrected chi connectivity index (χ2v) is 6.84. The van der Waals surface area contributed by atoms with Crippen molar-refractivity contribution in [2.24, 2.45) is 5.92 Å². The van der Waals surface area contributed by atoms with E-state index < -0.39 is 0 Å². The van der Waals surface area contributed by atoms with Crippen LogP contribution in [0.1, 0.15) is 44.6 Å². The molecule has 0 N–H and O–H groups in total. The molecule has 1 atom stereocenters. The molecule has 1 nitrogen and oxygen atoms in total. The maximum atomic E-state index is 2.66. The fourth-order valence-corrected chi connectivity index (χ4v) is 3.67. The average molecular weight is 344 g/mol. The number of benzene rings is 2. The van der Waals surface area contributed by atoms with Crippen LogP contribution in [0, 0.1) is 5.92 Å². The zero-order valence-corrected chi connectivity index (χ0v) is 15.6. The van der Waals surface area contributed by atoms with Gasteiger partial charge in [-0.1, -0.05) is 74.4 Å². The third-order valence-corrected chi connectivity index (χ3v) is 4.99. The molecule has 130 valence electrons. The monoisotopic (exact) mass is 343 g/mol. The van der Waals surface area contributed by atoms with E-state index in [1.165, 1.54) is 68.1 Å². The van der Waals surface area contributed by atoms with Gasteiger partial charge < -0.3 is 4.90 Å². The maximum absolute atomic E-state index is 2.66. The van der Waals surface area contributed by atoms with Crippen molar-refractivity contribution >= 4 is 29.3 Å². The van der Waals surface area contributed by atoms with Crippen molar-refractivity contribution < 1.29 is 0 Å². The number of likely N-dealkylation sites (tertiary alicyclic amines) is 1. The van der Waals surface area contributed by atoms with E-state index in [2.05, 4.69) is 66.4 Å². The molecule has 1 fully saturated rings. The molecular weight excluding hydrogens is 314 g/mol. The molecule has 0 bridgehead atoms. The quantitative estimate of drug-likeness (QED) is 0.566. The summed E-state index contributed by atoms with van der Waals surface area (Å²) in [5, 5.41) is 2.70. The van der Waals surface area contributed by atoms with Crippen LogP contribution in [0.25, 0.3) is 16.8 Å². The average Bonchev–Trinajstić information content (AvgIpc) is 2.60. The lowest BCUT2D eigenvalue weighted by Crippen LogP contribution is -2.35. The second-order valence-electron chi connectivity index (χ2n) is 6.84. The van der Waals surface area contributed by atoms with Crippen molar-refractivity contribution in [2.75, 3.05) is 19.6 Å². The summed E-state index contributed by atoms with van der Waals surface area (Å²) in [5.41, 5.74) is 1.35. The molecule has 2 aromatic rings. The lowest BCUT2D eigenvalue weighted by Gasteiger charge is -2.31. The number of nitrogens with zero attached hydrogens (tertiary/aromatic N) is 1. The van der Waals surface area contributed by atoms with Gasteiger partial charge in [0.1, 0.15) is 0 Å². The third-order valence-electron chi connectivity index (χ3n) is 4.99. The van der Waals surface area contributed by atoms with E-state index in [1.807, 2.05) is 0 Å². The molecule has 0 saturated carbocycles. The molecule has 0 spiro atoms. The zero-order chi connectivity index (χ0) is 15.9. The summed E-state index contributed by atoms with van der Waals surface area (Å²) < 4.78 is 0. The first kappa shape index (κ1) is 19.0. The Balaban J connectivity index is 0.00000208. The first-order valence-corrected chi connectivity index (χ1v) is 9.25. The summed E-state index contributed by atoms with van der Waals surface area (Å²) in [7, 11) is 0. The Morgan fingerprint density at radius 1 is 1.08 bits per heavy atom. The van der Waals surface area contributed by atoms with E-state index in [0.717, 1.165) is 0 Å². The lowest BCUT2D eigenvalue weighted by molar-refractivity contribution is 0.194. The highest BCUT2D eigenvalue weighted by molar-refractivity contribution is 5.90. The van der Waals surface area contributed by atoms with Gasteiger partial charge in [-0.2, -0.15) is 0 Å². The molecule has 0 aliphatic carbocycles. The van der Waals surface area contributed by atoms with Crippen LogP contribution in [0.4, 0.5) is 0 Å². The van der Waals surface area contributed by atoms with Gasteiger partial charge in [-0.15, -0.1) is 12.4 Å². The Bertz CT molecular complexity index is 644. The predicted molar refractivity (Wildman–Crippen MR) is 109 cm³/mol. The molecule has 0 aromatic heterocycles. The van der Waals surface area contributed by atoms with Gasteiger partial charge in [-0.3, -0.25) is 0 Å². The molecule has 0 amide bonds. The molecule has 0 radical (unpaired) electrons. The van der Waals surface area contributed by atoms with Crippen LogP contribution >= 0.6 is 12.4 Å². The summed E-state index contributed by atoms with van der Waals surface area (Å²) in [6.07, 6.45) is 11.5. The van der Waals surface area contributed by atoms with Crippen molar-refractivity contribution in [2.45, 2.75) is 39.0 Å². The fraction of sp³-hybridized carbons (Fsp3) is 0.455. The van der Waals surface area contributed by atoms with Gasteiger partial charge >= 0.3 is 0 Å². The minimum absolute atomic E-state index is 0. The van der Waals surface area contributed by atoms with Crippen LogP contribution in [-0.2, 0) is 0 Å². The van der Waals surface area contributed by atoms with Crippen LogP contribution in [0.5, 0.6) is 0 Å². The van der Waals surface area contributed by atoms with Crippen LogP contribution in [-0.4, -0.2) is 24.5 Å². The number of fused-ring (bicyclic) bond motifs is 1. The number of rotatable bonds is 6. The van der Waals surface area contributed by atoms with E-state index in [9.17, 15) is 0 Å². The van der Waals surface area contributed by atoms with Gasteiger partial charge in [0, 0.05) is 6.54 Å². The van der Waals surface area contributed by atoms with Crippen LogP contribution in [0.3, 0.4) is 0 Å². The van der Waals surface area contributed by atoms with E-state index in [4.69, 9.17) is 0 Å². The number of hydrogen-bond acceptors (Lipinski definition) is 1. The second kappa shape index (κ2) is 9.86. The van der Waals surface area contributed by atoms with Crippen LogP contribution < -0.4 is 0 Å². The molecule has 2 heteroatoms. The molecule has 2 aromatic carbocycles. The summed E-state index contributed by atoms with van der Waals surface area (Å²) in [6.45, 7) is 6.10. The molecule has 1 aliphatic rings.